The Bertz CT molecular complexity index is 524. The minimum atomic E-state index is -0.390. The van der Waals surface area contributed by atoms with E-state index in [4.69, 9.17) is 14.7 Å². The fourth-order valence-corrected chi connectivity index (χ4v) is 1.97. The van der Waals surface area contributed by atoms with Gasteiger partial charge < -0.3 is 19.6 Å². The van der Waals surface area contributed by atoms with Gasteiger partial charge in [-0.05, 0) is 39.8 Å². The molecule has 1 aliphatic heterocycles. The zero-order valence-corrected chi connectivity index (χ0v) is 13.3. The minimum absolute atomic E-state index is 0.347. The summed E-state index contributed by atoms with van der Waals surface area (Å²) in [7, 11) is 1.50. The van der Waals surface area contributed by atoms with Crippen LogP contribution in [0.25, 0.3) is 0 Å². The zero-order valence-electron chi connectivity index (χ0n) is 13.3. The molecule has 0 atom stereocenters. The normalized spacial score (nSPS) is 20.0. The van der Waals surface area contributed by atoms with Crippen LogP contribution in [0.2, 0.25) is 0 Å². The molecule has 0 amide bonds. The van der Waals surface area contributed by atoms with Gasteiger partial charge in [-0.15, -0.1) is 0 Å². The van der Waals surface area contributed by atoms with Crippen molar-refractivity contribution in [3.05, 3.63) is 30.6 Å². The smallest absolute Gasteiger partial charge is 0.399 e. The van der Waals surface area contributed by atoms with E-state index in [1.807, 2.05) is 51.8 Å². The molecule has 1 saturated heterocycles. The second kappa shape index (κ2) is 5.62. The van der Waals surface area contributed by atoms with Gasteiger partial charge in [-0.2, -0.15) is 0 Å². The summed E-state index contributed by atoms with van der Waals surface area (Å²) in [6.07, 6.45) is 6.43. The van der Waals surface area contributed by atoms with E-state index in [9.17, 15) is 0 Å². The number of hydrogen-bond acceptors (Lipinski definition) is 5. The molecule has 5 nitrogen and oxygen atoms in total. The van der Waals surface area contributed by atoms with E-state index in [1.54, 1.807) is 18.5 Å². The molecule has 0 radical (unpaired) electrons. The second-order valence-corrected chi connectivity index (χ2v) is 6.16. The molecule has 1 aliphatic rings. The van der Waals surface area contributed by atoms with Crippen LogP contribution >= 0.6 is 0 Å². The molecular weight excluding hydrogens is 265 g/mol. The molecule has 1 aromatic rings. The molecule has 0 aliphatic carbocycles. The summed E-state index contributed by atoms with van der Waals surface area (Å²) < 4.78 is 12.0. The van der Waals surface area contributed by atoms with Gasteiger partial charge in [0, 0.05) is 31.1 Å². The number of allylic oxidation sites excluding steroid dienone is 1. The van der Waals surface area contributed by atoms with Crippen molar-refractivity contribution in [2.24, 2.45) is 0 Å². The fourth-order valence-electron chi connectivity index (χ4n) is 1.97. The largest absolute Gasteiger partial charge is 0.496 e. The standard InChI is InChI=1S/C15H22BN3O2/c1-14(2)15(3,4)21-16(20-14)12-7-8-13(18-11-12)19(5)10-6-9-17/h6-11,17H,1-5H3/b10-6-,17-9?. The maximum Gasteiger partial charge on any atom is 0.496 e. The third-order valence-electron chi connectivity index (χ3n) is 4.06. The molecule has 21 heavy (non-hydrogen) atoms. The van der Waals surface area contributed by atoms with E-state index < -0.39 is 0 Å². The monoisotopic (exact) mass is 287 g/mol. The molecule has 0 saturated carbocycles. The fraction of sp³-hybridized carbons (Fsp3) is 0.467. The Morgan fingerprint density at radius 2 is 1.81 bits per heavy atom. The van der Waals surface area contributed by atoms with E-state index in [1.165, 1.54) is 6.21 Å². The van der Waals surface area contributed by atoms with Crippen molar-refractivity contribution in [2.75, 3.05) is 11.9 Å². The van der Waals surface area contributed by atoms with Crippen LogP contribution in [-0.4, -0.2) is 36.6 Å². The Morgan fingerprint density at radius 3 is 2.29 bits per heavy atom. The highest BCUT2D eigenvalue weighted by atomic mass is 16.7. The summed E-state index contributed by atoms with van der Waals surface area (Å²) in [5.74, 6) is 0.799. The van der Waals surface area contributed by atoms with E-state index in [-0.39, 0.29) is 18.3 Å². The maximum atomic E-state index is 6.99. The Hall–Kier alpha value is -1.66. The summed E-state index contributed by atoms with van der Waals surface area (Å²) in [6.45, 7) is 8.13. The SMILES string of the molecule is CN(/C=C\C=N)c1ccc(B2OC(C)(C)C(C)(C)O2)cn1. The molecule has 112 valence electrons. The first kappa shape index (κ1) is 15.7. The van der Waals surface area contributed by atoms with Gasteiger partial charge in [0.15, 0.2) is 0 Å². The molecular formula is C15H22BN3O2. The molecule has 0 unspecified atom stereocenters. The summed E-state index contributed by atoms with van der Waals surface area (Å²) in [4.78, 5) is 6.26. The lowest BCUT2D eigenvalue weighted by molar-refractivity contribution is 0.00578. The van der Waals surface area contributed by atoms with E-state index >= 15 is 0 Å². The van der Waals surface area contributed by atoms with E-state index in [0.717, 1.165) is 11.3 Å². The van der Waals surface area contributed by atoms with E-state index in [2.05, 4.69) is 4.98 Å². The summed E-state index contributed by atoms with van der Waals surface area (Å²) in [6, 6.07) is 3.87. The first-order valence-electron chi connectivity index (χ1n) is 6.98. The Labute approximate surface area is 126 Å². The number of anilines is 1. The molecule has 0 spiro atoms. The van der Waals surface area contributed by atoms with Crippen molar-refractivity contribution in [1.82, 2.24) is 4.98 Å². The maximum absolute atomic E-state index is 6.99. The van der Waals surface area contributed by atoms with Crippen LogP contribution in [0.4, 0.5) is 5.82 Å². The first-order chi connectivity index (χ1) is 9.77. The van der Waals surface area contributed by atoms with Gasteiger partial charge in [0.05, 0.1) is 11.2 Å². The summed E-state index contributed by atoms with van der Waals surface area (Å²) in [5.41, 5.74) is 0.210. The van der Waals surface area contributed by atoms with Gasteiger partial charge >= 0.3 is 7.12 Å². The third kappa shape index (κ3) is 3.17. The molecule has 2 rings (SSSR count). The van der Waals surface area contributed by atoms with Crippen LogP contribution in [0.15, 0.2) is 30.6 Å². The van der Waals surface area contributed by atoms with Crippen molar-refractivity contribution in [1.29, 1.82) is 5.41 Å². The lowest BCUT2D eigenvalue weighted by Crippen LogP contribution is -2.41. The Morgan fingerprint density at radius 1 is 1.19 bits per heavy atom. The number of nitrogens with one attached hydrogen (secondary N) is 1. The van der Waals surface area contributed by atoms with Gasteiger partial charge in [0.25, 0.3) is 0 Å². The number of pyridine rings is 1. The van der Waals surface area contributed by atoms with Crippen molar-refractivity contribution in [3.63, 3.8) is 0 Å². The lowest BCUT2D eigenvalue weighted by Gasteiger charge is -2.32. The molecule has 6 heteroatoms. The number of nitrogens with zero attached hydrogens (tertiary/aromatic N) is 2. The van der Waals surface area contributed by atoms with Gasteiger partial charge in [0.2, 0.25) is 0 Å². The van der Waals surface area contributed by atoms with E-state index in [0.29, 0.717) is 0 Å². The van der Waals surface area contributed by atoms with Gasteiger partial charge in [-0.1, -0.05) is 6.07 Å². The third-order valence-corrected chi connectivity index (χ3v) is 4.06. The van der Waals surface area contributed by atoms with Gasteiger partial charge in [-0.3, -0.25) is 0 Å². The predicted octanol–water partition coefficient (Wildman–Crippen LogP) is 1.98. The van der Waals surface area contributed by atoms with Crippen molar-refractivity contribution in [3.8, 4) is 0 Å². The van der Waals surface area contributed by atoms with Crippen molar-refractivity contribution in [2.45, 2.75) is 38.9 Å². The molecule has 0 bridgehead atoms. The Kier molecular flexibility index (Phi) is 4.21. The summed E-state index contributed by atoms with van der Waals surface area (Å²) in [5, 5.41) is 6.99. The van der Waals surface area contributed by atoms with Gasteiger partial charge in [-0.25, -0.2) is 4.98 Å². The summed E-state index contributed by atoms with van der Waals surface area (Å²) >= 11 is 0. The molecule has 2 heterocycles. The first-order valence-corrected chi connectivity index (χ1v) is 6.98. The predicted molar refractivity (Wildman–Crippen MR) is 86.3 cm³/mol. The van der Waals surface area contributed by atoms with Crippen molar-refractivity contribution >= 4 is 24.6 Å². The average Bonchev–Trinajstić information content (AvgIpc) is 2.65. The van der Waals surface area contributed by atoms with Gasteiger partial charge in [0.1, 0.15) is 5.82 Å². The topological polar surface area (TPSA) is 58.4 Å². The number of aromatic nitrogens is 1. The highest BCUT2D eigenvalue weighted by Crippen LogP contribution is 2.36. The van der Waals surface area contributed by atoms with Crippen LogP contribution in [0.1, 0.15) is 27.7 Å². The zero-order chi connectivity index (χ0) is 15.7. The molecule has 1 N–H and O–H groups in total. The average molecular weight is 287 g/mol. The lowest BCUT2D eigenvalue weighted by atomic mass is 9.80. The van der Waals surface area contributed by atoms with Crippen LogP contribution in [-0.2, 0) is 9.31 Å². The second-order valence-electron chi connectivity index (χ2n) is 6.16. The number of hydrogen-bond donors (Lipinski definition) is 1. The van der Waals surface area contributed by atoms with Crippen LogP contribution in [0.3, 0.4) is 0 Å². The van der Waals surface area contributed by atoms with Crippen LogP contribution < -0.4 is 10.4 Å². The molecule has 1 aromatic heterocycles. The quantitative estimate of drug-likeness (QED) is 0.679. The highest BCUT2D eigenvalue weighted by Gasteiger charge is 2.51. The molecule has 1 fully saturated rings. The highest BCUT2D eigenvalue weighted by molar-refractivity contribution is 6.62. The number of rotatable bonds is 4. The van der Waals surface area contributed by atoms with Crippen LogP contribution in [0.5, 0.6) is 0 Å². The minimum Gasteiger partial charge on any atom is -0.399 e. The van der Waals surface area contributed by atoms with Crippen LogP contribution in [0, 0.1) is 5.41 Å². The van der Waals surface area contributed by atoms with Crippen molar-refractivity contribution < 1.29 is 9.31 Å². The molecule has 0 aromatic carbocycles. The Balaban J connectivity index is 2.14.